The molecule has 0 fully saturated rings. The lowest BCUT2D eigenvalue weighted by Crippen LogP contribution is -2.26. The van der Waals surface area contributed by atoms with Crippen LogP contribution in [-0.2, 0) is 19.0 Å². The Morgan fingerprint density at radius 3 is 1.31 bits per heavy atom. The largest absolute Gasteiger partial charge is 0.508 e. The van der Waals surface area contributed by atoms with Crippen molar-refractivity contribution in [3.63, 3.8) is 0 Å². The summed E-state index contributed by atoms with van der Waals surface area (Å²) in [5.41, 5.74) is 0. The van der Waals surface area contributed by atoms with Gasteiger partial charge < -0.3 is 19.1 Å². The van der Waals surface area contributed by atoms with Crippen LogP contribution in [0.4, 0.5) is 4.79 Å². The number of esters is 1. The second kappa shape index (κ2) is 38.5. The summed E-state index contributed by atoms with van der Waals surface area (Å²) in [4.78, 5) is 27.0. The van der Waals surface area contributed by atoms with Gasteiger partial charge in [0.2, 0.25) is 0 Å². The number of ether oxygens (including phenoxy) is 3. The summed E-state index contributed by atoms with van der Waals surface area (Å²) in [5.74, 6) is 0.0230. The van der Waals surface area contributed by atoms with Gasteiger partial charge in [0, 0.05) is 6.42 Å². The van der Waals surface area contributed by atoms with Gasteiger partial charge in [-0.15, -0.1) is 0 Å². The summed E-state index contributed by atoms with van der Waals surface area (Å²) in [6.07, 6.45) is 35.1. The molecule has 0 atom stereocenters. The average Bonchev–Trinajstić information content (AvgIpc) is 3.08. The fraction of sp³-hybridized carbons (Fsp3) is 0.952. The van der Waals surface area contributed by atoms with Gasteiger partial charge in [0.1, 0.15) is 6.10 Å². The van der Waals surface area contributed by atoms with E-state index >= 15 is 0 Å². The highest BCUT2D eigenvalue weighted by Gasteiger charge is 2.14. The summed E-state index contributed by atoms with van der Waals surface area (Å²) >= 11 is 0. The van der Waals surface area contributed by atoms with E-state index in [1.165, 1.54) is 135 Å². The highest BCUT2D eigenvalue weighted by molar-refractivity contribution is 5.69. The third kappa shape index (κ3) is 34.6. The van der Waals surface area contributed by atoms with Crippen molar-refractivity contribution in [2.45, 2.75) is 226 Å². The SMILES string of the molecule is CCCCCCCCCCOC(=O)OCCCCN(CC)CCCCCCCC(=O)OC(CCCCCCCC)CCCCCCCC. The average molecular weight is 682 g/mol. The first kappa shape index (κ1) is 46.7. The monoisotopic (exact) mass is 682 g/mol. The van der Waals surface area contributed by atoms with Gasteiger partial charge in [0.15, 0.2) is 0 Å². The minimum Gasteiger partial charge on any atom is -0.462 e. The number of rotatable bonds is 38. The van der Waals surface area contributed by atoms with Gasteiger partial charge in [-0.2, -0.15) is 0 Å². The van der Waals surface area contributed by atoms with Crippen molar-refractivity contribution in [2.24, 2.45) is 0 Å². The minimum absolute atomic E-state index is 0.0230. The number of hydrogen-bond donors (Lipinski definition) is 0. The predicted molar refractivity (Wildman–Crippen MR) is 205 cm³/mol. The van der Waals surface area contributed by atoms with Gasteiger partial charge in [-0.1, -0.05) is 156 Å². The summed E-state index contributed by atoms with van der Waals surface area (Å²) < 4.78 is 16.5. The smallest absolute Gasteiger partial charge is 0.462 e. The normalized spacial score (nSPS) is 11.5. The molecular weight excluding hydrogens is 598 g/mol. The lowest BCUT2D eigenvalue weighted by Gasteiger charge is -2.20. The molecule has 6 nitrogen and oxygen atoms in total. The molecule has 0 aromatic heterocycles. The van der Waals surface area contributed by atoms with Crippen molar-refractivity contribution < 1.29 is 23.8 Å². The standard InChI is InChI=1S/C42H83NO5/c1-5-9-12-15-18-19-25-31-38-46-42(45)47-39-32-30-37-43(8-4)36-29-24-20-23-28-35-41(44)48-40(33-26-21-16-13-10-6-2)34-27-22-17-14-11-7-3/h40H,5-39H2,1-4H3. The van der Waals surface area contributed by atoms with Gasteiger partial charge in [-0.05, 0) is 77.4 Å². The van der Waals surface area contributed by atoms with Crippen molar-refractivity contribution in [3.8, 4) is 0 Å². The zero-order valence-electron chi connectivity index (χ0n) is 32.8. The van der Waals surface area contributed by atoms with Crippen LogP contribution in [0, 0.1) is 0 Å². The fourth-order valence-corrected chi connectivity index (χ4v) is 6.40. The molecule has 0 saturated heterocycles. The maximum Gasteiger partial charge on any atom is 0.508 e. The van der Waals surface area contributed by atoms with E-state index in [2.05, 4.69) is 32.6 Å². The lowest BCUT2D eigenvalue weighted by molar-refractivity contribution is -0.150. The zero-order chi connectivity index (χ0) is 35.2. The molecule has 0 N–H and O–H groups in total. The molecule has 0 spiro atoms. The summed E-state index contributed by atoms with van der Waals surface area (Å²) in [6, 6.07) is 0. The maximum atomic E-state index is 12.7. The quantitative estimate of drug-likeness (QED) is 0.0477. The Hall–Kier alpha value is -1.30. The topological polar surface area (TPSA) is 65.1 Å². The molecule has 0 aliphatic carbocycles. The molecule has 48 heavy (non-hydrogen) atoms. The molecule has 6 heteroatoms. The van der Waals surface area contributed by atoms with Crippen LogP contribution < -0.4 is 0 Å². The van der Waals surface area contributed by atoms with E-state index in [1.807, 2.05) is 0 Å². The minimum atomic E-state index is -0.514. The summed E-state index contributed by atoms with van der Waals surface area (Å²) in [5, 5.41) is 0. The van der Waals surface area contributed by atoms with Crippen LogP contribution in [0.15, 0.2) is 0 Å². The summed E-state index contributed by atoms with van der Waals surface area (Å²) in [7, 11) is 0. The Morgan fingerprint density at radius 2 is 0.833 bits per heavy atom. The van der Waals surface area contributed by atoms with Gasteiger partial charge in [0.05, 0.1) is 13.2 Å². The lowest BCUT2D eigenvalue weighted by atomic mass is 10.0. The Kier molecular flexibility index (Phi) is 37.5. The Bertz CT molecular complexity index is 656. The van der Waals surface area contributed by atoms with Gasteiger partial charge >= 0.3 is 12.1 Å². The van der Waals surface area contributed by atoms with Crippen molar-refractivity contribution in [3.05, 3.63) is 0 Å². The number of nitrogens with zero attached hydrogens (tertiary/aromatic N) is 1. The fourth-order valence-electron chi connectivity index (χ4n) is 6.40. The first-order valence-corrected chi connectivity index (χ1v) is 21.3. The highest BCUT2D eigenvalue weighted by atomic mass is 16.7. The van der Waals surface area contributed by atoms with E-state index in [9.17, 15) is 9.59 Å². The van der Waals surface area contributed by atoms with Crippen molar-refractivity contribution in [1.82, 2.24) is 4.90 Å². The van der Waals surface area contributed by atoms with E-state index in [-0.39, 0.29) is 12.1 Å². The van der Waals surface area contributed by atoms with Crippen LogP contribution in [0.2, 0.25) is 0 Å². The molecule has 286 valence electrons. The van der Waals surface area contributed by atoms with Gasteiger partial charge in [0.25, 0.3) is 0 Å². The highest BCUT2D eigenvalue weighted by Crippen LogP contribution is 2.18. The van der Waals surface area contributed by atoms with Crippen LogP contribution in [0.3, 0.4) is 0 Å². The van der Waals surface area contributed by atoms with E-state index in [0.717, 1.165) is 71.0 Å². The van der Waals surface area contributed by atoms with E-state index in [0.29, 0.717) is 19.6 Å². The third-order valence-electron chi connectivity index (χ3n) is 9.67. The number of hydrogen-bond acceptors (Lipinski definition) is 6. The Morgan fingerprint density at radius 1 is 0.458 bits per heavy atom. The zero-order valence-corrected chi connectivity index (χ0v) is 32.8. The van der Waals surface area contributed by atoms with Crippen LogP contribution in [0.1, 0.15) is 220 Å². The molecule has 0 rings (SSSR count). The maximum absolute atomic E-state index is 12.7. The second-order valence-corrected chi connectivity index (χ2v) is 14.3. The molecule has 0 aliphatic rings. The molecule has 0 unspecified atom stereocenters. The molecule has 0 aromatic rings. The first-order valence-electron chi connectivity index (χ1n) is 21.3. The van der Waals surface area contributed by atoms with E-state index in [4.69, 9.17) is 14.2 Å². The van der Waals surface area contributed by atoms with Crippen LogP contribution in [0.25, 0.3) is 0 Å². The van der Waals surface area contributed by atoms with Gasteiger partial charge in [-0.25, -0.2) is 4.79 Å². The number of carbonyl (C=O) groups is 2. The van der Waals surface area contributed by atoms with Crippen LogP contribution in [0.5, 0.6) is 0 Å². The molecule has 0 amide bonds. The van der Waals surface area contributed by atoms with Crippen molar-refractivity contribution in [1.29, 1.82) is 0 Å². The summed E-state index contributed by atoms with van der Waals surface area (Å²) in [6.45, 7) is 13.1. The Labute approximate surface area is 299 Å². The second-order valence-electron chi connectivity index (χ2n) is 14.3. The molecule has 0 saturated carbocycles. The van der Waals surface area contributed by atoms with Crippen LogP contribution >= 0.6 is 0 Å². The molecule has 0 aliphatic heterocycles. The van der Waals surface area contributed by atoms with E-state index < -0.39 is 6.16 Å². The van der Waals surface area contributed by atoms with E-state index in [1.54, 1.807) is 0 Å². The molecule has 0 bridgehead atoms. The van der Waals surface area contributed by atoms with Crippen LogP contribution in [-0.4, -0.2) is 56.0 Å². The number of carbonyl (C=O) groups excluding carboxylic acids is 2. The molecule has 0 aromatic carbocycles. The molecular formula is C42H83NO5. The molecule has 0 radical (unpaired) electrons. The Balaban J connectivity index is 3.88. The first-order chi connectivity index (χ1) is 23.6. The third-order valence-corrected chi connectivity index (χ3v) is 9.67. The molecule has 0 heterocycles. The van der Waals surface area contributed by atoms with Crippen molar-refractivity contribution in [2.75, 3.05) is 32.8 Å². The van der Waals surface area contributed by atoms with Gasteiger partial charge in [-0.3, -0.25) is 4.79 Å². The van der Waals surface area contributed by atoms with Crippen molar-refractivity contribution >= 4 is 12.1 Å². The number of unbranched alkanes of at least 4 members (excludes halogenated alkanes) is 22. The predicted octanol–water partition coefficient (Wildman–Crippen LogP) is 13.1.